The van der Waals surface area contributed by atoms with Crippen molar-refractivity contribution in [2.24, 2.45) is 0 Å². The zero-order valence-corrected chi connectivity index (χ0v) is 11.7. The van der Waals surface area contributed by atoms with Gasteiger partial charge in [-0.25, -0.2) is 0 Å². The molecule has 4 heteroatoms. The molecule has 0 unspecified atom stereocenters. The van der Waals surface area contributed by atoms with E-state index in [0.717, 1.165) is 12.8 Å². The fraction of sp³-hybridized carbons (Fsp3) is 0.467. The molecule has 1 aromatic rings. The largest absolute Gasteiger partial charge is 0.356 e. The van der Waals surface area contributed by atoms with Crippen molar-refractivity contribution in [2.75, 3.05) is 20.6 Å². The van der Waals surface area contributed by atoms with Crippen molar-refractivity contribution < 1.29 is 9.59 Å². The van der Waals surface area contributed by atoms with E-state index in [9.17, 15) is 9.59 Å². The Morgan fingerprint density at radius 3 is 2.42 bits per heavy atom. The van der Waals surface area contributed by atoms with Crippen LogP contribution in [0.5, 0.6) is 0 Å². The molecule has 19 heavy (non-hydrogen) atoms. The van der Waals surface area contributed by atoms with Crippen molar-refractivity contribution in [3.8, 4) is 0 Å². The first-order valence-electron chi connectivity index (χ1n) is 6.60. The van der Waals surface area contributed by atoms with Crippen LogP contribution in [0, 0.1) is 0 Å². The van der Waals surface area contributed by atoms with Gasteiger partial charge in [0.15, 0.2) is 0 Å². The molecule has 0 aliphatic rings. The molecule has 1 N–H and O–H groups in total. The van der Waals surface area contributed by atoms with Crippen molar-refractivity contribution in [3.05, 3.63) is 35.9 Å². The highest BCUT2D eigenvalue weighted by atomic mass is 16.2. The molecule has 0 saturated heterocycles. The molecule has 0 atom stereocenters. The van der Waals surface area contributed by atoms with Crippen LogP contribution in [0.2, 0.25) is 0 Å². The van der Waals surface area contributed by atoms with Crippen LogP contribution in [0.25, 0.3) is 0 Å². The van der Waals surface area contributed by atoms with E-state index in [4.69, 9.17) is 0 Å². The first-order chi connectivity index (χ1) is 9.09. The van der Waals surface area contributed by atoms with Crippen molar-refractivity contribution in [1.82, 2.24) is 10.2 Å². The Kier molecular flexibility index (Phi) is 6.64. The van der Waals surface area contributed by atoms with Crippen LogP contribution in [0.4, 0.5) is 0 Å². The summed E-state index contributed by atoms with van der Waals surface area (Å²) in [6.07, 6.45) is 2.60. The fourth-order valence-electron chi connectivity index (χ4n) is 1.72. The maximum Gasteiger partial charge on any atom is 0.223 e. The second-order valence-corrected chi connectivity index (χ2v) is 4.73. The summed E-state index contributed by atoms with van der Waals surface area (Å²) in [7, 11) is 3.42. The first-order valence-corrected chi connectivity index (χ1v) is 6.60. The molecule has 1 aromatic carbocycles. The van der Waals surface area contributed by atoms with Gasteiger partial charge in [-0.15, -0.1) is 0 Å². The van der Waals surface area contributed by atoms with Gasteiger partial charge in [-0.05, 0) is 18.4 Å². The summed E-state index contributed by atoms with van der Waals surface area (Å²) in [6.45, 7) is 0.418. The summed E-state index contributed by atoms with van der Waals surface area (Å²) in [5.74, 6) is 0.0482. The molecule has 0 heterocycles. The highest BCUT2D eigenvalue weighted by Gasteiger charge is 2.05. The number of nitrogens with one attached hydrogen (secondary N) is 1. The Morgan fingerprint density at radius 1 is 1.11 bits per heavy atom. The number of carbonyl (C=O) groups is 2. The van der Waals surface area contributed by atoms with Gasteiger partial charge >= 0.3 is 0 Å². The third-order valence-corrected chi connectivity index (χ3v) is 2.87. The molecule has 4 nitrogen and oxygen atoms in total. The molecule has 0 saturated carbocycles. The van der Waals surface area contributed by atoms with E-state index in [-0.39, 0.29) is 11.8 Å². The van der Waals surface area contributed by atoms with E-state index < -0.39 is 0 Å². The second-order valence-electron chi connectivity index (χ2n) is 4.73. The zero-order valence-electron chi connectivity index (χ0n) is 11.7. The monoisotopic (exact) mass is 262 g/mol. The lowest BCUT2D eigenvalue weighted by Crippen LogP contribution is -2.30. The summed E-state index contributed by atoms with van der Waals surface area (Å²) in [4.78, 5) is 24.4. The molecule has 104 valence electrons. The lowest BCUT2D eigenvalue weighted by molar-refractivity contribution is -0.128. The Hall–Kier alpha value is -1.84. The number of nitrogens with zero attached hydrogens (tertiary/aromatic N) is 1. The molecule has 1 rings (SSSR count). The number of aryl methyl sites for hydroxylation is 1. The second kappa shape index (κ2) is 8.29. The predicted octanol–water partition coefficient (Wildman–Crippen LogP) is 1.60. The minimum Gasteiger partial charge on any atom is -0.356 e. The van der Waals surface area contributed by atoms with Crippen LogP contribution in [0.1, 0.15) is 24.8 Å². The molecule has 0 spiro atoms. The van der Waals surface area contributed by atoms with Crippen molar-refractivity contribution in [3.63, 3.8) is 0 Å². The van der Waals surface area contributed by atoms with Crippen LogP contribution in [0.15, 0.2) is 30.3 Å². The fourth-order valence-corrected chi connectivity index (χ4v) is 1.72. The molecule has 0 fully saturated rings. The number of hydrogen-bond donors (Lipinski definition) is 1. The summed E-state index contributed by atoms with van der Waals surface area (Å²) in [6, 6.07) is 10.1. The van der Waals surface area contributed by atoms with Crippen LogP contribution in [-0.4, -0.2) is 37.4 Å². The predicted molar refractivity (Wildman–Crippen MR) is 75.7 cm³/mol. The van der Waals surface area contributed by atoms with E-state index in [2.05, 4.69) is 17.4 Å². The number of amides is 2. The maximum atomic E-state index is 11.5. The number of benzene rings is 1. The normalized spacial score (nSPS) is 10.0. The number of carbonyl (C=O) groups excluding carboxylic acids is 2. The zero-order chi connectivity index (χ0) is 14.1. The van der Waals surface area contributed by atoms with Gasteiger partial charge in [0.2, 0.25) is 11.8 Å². The maximum absolute atomic E-state index is 11.5. The Bertz CT molecular complexity index is 402. The van der Waals surface area contributed by atoms with E-state index in [1.54, 1.807) is 14.1 Å². The minimum atomic E-state index is 0.0162. The Morgan fingerprint density at radius 2 is 1.79 bits per heavy atom. The van der Waals surface area contributed by atoms with Gasteiger partial charge in [0.25, 0.3) is 0 Å². The van der Waals surface area contributed by atoms with Crippen molar-refractivity contribution >= 4 is 11.8 Å². The number of hydrogen-bond acceptors (Lipinski definition) is 2. The third kappa shape index (κ3) is 6.60. The summed E-state index contributed by atoms with van der Waals surface area (Å²) in [5.41, 5.74) is 1.25. The molecule has 0 aliphatic heterocycles. The summed E-state index contributed by atoms with van der Waals surface area (Å²) < 4.78 is 0. The van der Waals surface area contributed by atoms with E-state index in [0.29, 0.717) is 19.4 Å². The van der Waals surface area contributed by atoms with Crippen LogP contribution in [-0.2, 0) is 16.0 Å². The topological polar surface area (TPSA) is 49.4 Å². The molecular weight excluding hydrogens is 240 g/mol. The molecular formula is C15H22N2O2. The van der Waals surface area contributed by atoms with Gasteiger partial charge in [-0.1, -0.05) is 30.3 Å². The SMILES string of the molecule is CN(C)C(=O)CCNC(=O)CCCc1ccccc1. The molecule has 0 aromatic heterocycles. The van der Waals surface area contributed by atoms with Gasteiger partial charge in [0.05, 0.1) is 0 Å². The highest BCUT2D eigenvalue weighted by Crippen LogP contribution is 2.04. The Balaban J connectivity index is 2.10. The van der Waals surface area contributed by atoms with Crippen LogP contribution in [0.3, 0.4) is 0 Å². The molecule has 0 bridgehead atoms. The standard InChI is InChI=1S/C15H22N2O2/c1-17(2)15(19)11-12-16-14(18)10-6-9-13-7-4-3-5-8-13/h3-5,7-8H,6,9-12H2,1-2H3,(H,16,18). The molecule has 0 radical (unpaired) electrons. The van der Waals surface area contributed by atoms with E-state index in [1.807, 2.05) is 18.2 Å². The average Bonchev–Trinajstić information content (AvgIpc) is 2.39. The van der Waals surface area contributed by atoms with Crippen molar-refractivity contribution in [1.29, 1.82) is 0 Å². The lowest BCUT2D eigenvalue weighted by atomic mass is 10.1. The van der Waals surface area contributed by atoms with Gasteiger partial charge in [0.1, 0.15) is 0 Å². The summed E-state index contributed by atoms with van der Waals surface area (Å²) >= 11 is 0. The molecule has 0 aliphatic carbocycles. The minimum absolute atomic E-state index is 0.0162. The molecule has 2 amide bonds. The highest BCUT2D eigenvalue weighted by molar-refractivity contribution is 5.78. The number of rotatable bonds is 7. The average molecular weight is 262 g/mol. The van der Waals surface area contributed by atoms with Gasteiger partial charge in [-0.3, -0.25) is 9.59 Å². The smallest absolute Gasteiger partial charge is 0.223 e. The van der Waals surface area contributed by atoms with Gasteiger partial charge in [0, 0.05) is 33.5 Å². The van der Waals surface area contributed by atoms with E-state index >= 15 is 0 Å². The first kappa shape index (κ1) is 15.2. The quantitative estimate of drug-likeness (QED) is 0.811. The third-order valence-electron chi connectivity index (χ3n) is 2.87. The lowest BCUT2D eigenvalue weighted by Gasteiger charge is -2.10. The van der Waals surface area contributed by atoms with Crippen LogP contribution < -0.4 is 5.32 Å². The van der Waals surface area contributed by atoms with Gasteiger partial charge < -0.3 is 10.2 Å². The summed E-state index contributed by atoms with van der Waals surface area (Å²) in [5, 5.41) is 2.77. The van der Waals surface area contributed by atoms with Gasteiger partial charge in [-0.2, -0.15) is 0 Å². The van der Waals surface area contributed by atoms with Crippen molar-refractivity contribution in [2.45, 2.75) is 25.7 Å². The Labute approximate surface area is 114 Å². The van der Waals surface area contributed by atoms with E-state index in [1.165, 1.54) is 10.5 Å². The van der Waals surface area contributed by atoms with Crippen LogP contribution >= 0.6 is 0 Å².